The quantitative estimate of drug-likeness (QED) is 0.0537. The molecule has 18 heteroatoms. The van der Waals surface area contributed by atoms with Crippen molar-refractivity contribution >= 4 is 59.3 Å². The van der Waals surface area contributed by atoms with Crippen LogP contribution in [-0.4, -0.2) is 117 Å². The number of rotatable bonds is 23. The molecular weight excluding hydrogens is 801 g/mol. The molecule has 3 aromatic rings. The van der Waals surface area contributed by atoms with Gasteiger partial charge in [-0.1, -0.05) is 50.2 Å². The smallest absolute Gasteiger partial charge is 0.323 e. The lowest BCUT2D eigenvalue weighted by molar-refractivity contribution is -0.143. The minimum Gasteiger partial charge on any atom is -0.481 e. The number of pyridine rings is 1. The molecule has 0 aliphatic carbocycles. The molecule has 1 aromatic heterocycles. The van der Waals surface area contributed by atoms with Crippen molar-refractivity contribution < 1.29 is 48.6 Å². The lowest BCUT2D eigenvalue weighted by atomic mass is 10.0. The van der Waals surface area contributed by atoms with Crippen molar-refractivity contribution in [3.63, 3.8) is 0 Å². The number of likely N-dealkylation sites (tertiary alicyclic amines) is 1. The van der Waals surface area contributed by atoms with Gasteiger partial charge in [0.2, 0.25) is 23.6 Å². The molecule has 4 atom stereocenters. The largest absolute Gasteiger partial charge is 0.481 e. The van der Waals surface area contributed by atoms with Gasteiger partial charge in [-0.25, -0.2) is 4.79 Å². The zero-order valence-corrected chi connectivity index (χ0v) is 35.2. The van der Waals surface area contributed by atoms with Gasteiger partial charge >= 0.3 is 18.0 Å². The van der Waals surface area contributed by atoms with E-state index in [-0.39, 0.29) is 25.9 Å². The maximum absolute atomic E-state index is 13.9. The highest BCUT2D eigenvalue weighted by Gasteiger charge is 2.37. The van der Waals surface area contributed by atoms with E-state index in [0.29, 0.717) is 67.7 Å². The van der Waals surface area contributed by atoms with Crippen LogP contribution in [0.4, 0.5) is 16.2 Å². The number of anilines is 2. The van der Waals surface area contributed by atoms with Crippen LogP contribution in [0.2, 0.25) is 0 Å². The summed E-state index contributed by atoms with van der Waals surface area (Å²) >= 11 is 0. The average Bonchev–Trinajstić information content (AvgIpc) is 3.71. The third-order valence-electron chi connectivity index (χ3n) is 10.3. The number of carbonyl (C=O) groups excluding carboxylic acids is 6. The van der Waals surface area contributed by atoms with Gasteiger partial charge in [-0.3, -0.25) is 38.7 Å². The second-order valence-electron chi connectivity index (χ2n) is 15.6. The van der Waals surface area contributed by atoms with E-state index in [1.807, 2.05) is 19.1 Å². The first-order valence-corrected chi connectivity index (χ1v) is 20.6. The van der Waals surface area contributed by atoms with E-state index >= 15 is 0 Å². The van der Waals surface area contributed by atoms with Crippen molar-refractivity contribution in [1.82, 2.24) is 30.7 Å². The van der Waals surface area contributed by atoms with Crippen LogP contribution < -0.4 is 26.6 Å². The molecule has 62 heavy (non-hydrogen) atoms. The molecule has 332 valence electrons. The molecule has 1 saturated heterocycles. The lowest BCUT2D eigenvalue weighted by Gasteiger charge is -2.30. The predicted octanol–water partition coefficient (Wildman–Crippen LogP) is 3.11. The summed E-state index contributed by atoms with van der Waals surface area (Å²) in [5.41, 5.74) is 3.21. The van der Waals surface area contributed by atoms with Crippen molar-refractivity contribution in [3.05, 3.63) is 89.7 Å². The molecule has 0 bridgehead atoms. The number of carboxylic acid groups (broad SMARTS) is 2. The zero-order chi connectivity index (χ0) is 45.2. The summed E-state index contributed by atoms with van der Waals surface area (Å²) in [6.45, 7) is 5.87. The third-order valence-corrected chi connectivity index (χ3v) is 10.3. The summed E-state index contributed by atoms with van der Waals surface area (Å²) in [4.78, 5) is 110. The Morgan fingerprint density at radius 1 is 0.855 bits per heavy atom. The van der Waals surface area contributed by atoms with E-state index in [2.05, 4.69) is 31.6 Å². The molecule has 0 unspecified atom stereocenters. The standard InChI is InChI=1S/C44H56N8O10/c1-28(2)40(43(61)52-22-10-13-33(52)27-53)50-42(60)36(24-38(55)56)48-41(59)35(15-7-9-21-51(26-39(57)58)25-32-12-6-8-20-45-32)47-37(54)23-30-16-18-31(19-17-30)46-44(62)49-34-14-5-4-11-29(34)3/h4-6,8,11-12,14,16-20,27-28,33,35-36,40H,7,9-10,13,15,21-26H2,1-3H3,(H,47,54)(H,48,59)(H,50,60)(H,55,56)(H,57,58)(H2,46,49,62)/t33-,35-,36-,40-/m0/s1. The van der Waals surface area contributed by atoms with Gasteiger partial charge < -0.3 is 46.5 Å². The van der Waals surface area contributed by atoms with E-state index in [0.717, 1.165) is 5.56 Å². The number of aliphatic carboxylic acids is 2. The molecule has 1 aliphatic heterocycles. The average molecular weight is 857 g/mol. The summed E-state index contributed by atoms with van der Waals surface area (Å²) in [6, 6.07) is 14.0. The van der Waals surface area contributed by atoms with Crippen molar-refractivity contribution in [2.75, 3.05) is 30.3 Å². The fourth-order valence-corrected chi connectivity index (χ4v) is 7.02. The Hall–Kier alpha value is -6.69. The molecule has 18 nitrogen and oxygen atoms in total. The summed E-state index contributed by atoms with van der Waals surface area (Å²) < 4.78 is 0. The molecule has 4 rings (SSSR count). The summed E-state index contributed by atoms with van der Waals surface area (Å²) in [6.07, 6.45) is 3.12. The fraction of sp³-hybridized carbons (Fsp3) is 0.432. The number of nitrogens with one attached hydrogen (secondary N) is 5. The Morgan fingerprint density at radius 2 is 1.56 bits per heavy atom. The number of hydrogen-bond acceptors (Lipinski definition) is 10. The van der Waals surface area contributed by atoms with Crippen LogP contribution in [0.15, 0.2) is 72.9 Å². The first-order valence-electron chi connectivity index (χ1n) is 20.6. The van der Waals surface area contributed by atoms with E-state index in [9.17, 15) is 48.6 Å². The number of hydrogen-bond donors (Lipinski definition) is 7. The number of aromatic nitrogens is 1. The van der Waals surface area contributed by atoms with E-state index in [1.165, 1.54) is 4.90 Å². The normalized spacial score (nSPS) is 14.9. The third kappa shape index (κ3) is 15.4. The molecule has 1 aliphatic rings. The molecule has 1 fully saturated rings. The predicted molar refractivity (Wildman–Crippen MR) is 229 cm³/mol. The maximum atomic E-state index is 13.9. The van der Waals surface area contributed by atoms with Gasteiger partial charge in [0.05, 0.1) is 31.1 Å². The summed E-state index contributed by atoms with van der Waals surface area (Å²) in [5.74, 6) is -5.73. The highest BCUT2D eigenvalue weighted by Crippen LogP contribution is 2.20. The molecule has 7 N–H and O–H groups in total. The minimum atomic E-state index is -1.64. The van der Waals surface area contributed by atoms with E-state index in [1.54, 1.807) is 79.5 Å². The highest BCUT2D eigenvalue weighted by atomic mass is 16.4. The van der Waals surface area contributed by atoms with Gasteiger partial charge in [0, 0.05) is 30.7 Å². The molecular formula is C44H56N8O10. The van der Waals surface area contributed by atoms with Crippen LogP contribution in [0.1, 0.15) is 69.2 Å². The molecule has 0 radical (unpaired) electrons. The Morgan fingerprint density at radius 3 is 2.21 bits per heavy atom. The monoisotopic (exact) mass is 856 g/mol. The number of benzene rings is 2. The van der Waals surface area contributed by atoms with Gasteiger partial charge in [0.15, 0.2) is 0 Å². The second-order valence-corrected chi connectivity index (χ2v) is 15.6. The zero-order valence-electron chi connectivity index (χ0n) is 35.2. The topological polar surface area (TPSA) is 257 Å². The van der Waals surface area contributed by atoms with Crippen LogP contribution in [0.3, 0.4) is 0 Å². The first-order chi connectivity index (χ1) is 29.6. The van der Waals surface area contributed by atoms with Gasteiger partial charge in [0.25, 0.3) is 0 Å². The van der Waals surface area contributed by atoms with Gasteiger partial charge in [-0.05, 0) is 92.9 Å². The van der Waals surface area contributed by atoms with Gasteiger partial charge in [0.1, 0.15) is 24.4 Å². The molecule has 0 saturated carbocycles. The molecule has 6 amide bonds. The van der Waals surface area contributed by atoms with Crippen LogP contribution >= 0.6 is 0 Å². The van der Waals surface area contributed by atoms with Gasteiger partial charge in [-0.2, -0.15) is 0 Å². The van der Waals surface area contributed by atoms with Crippen LogP contribution in [0.5, 0.6) is 0 Å². The lowest BCUT2D eigenvalue weighted by Crippen LogP contribution is -2.59. The second kappa shape index (κ2) is 23.9. The fourth-order valence-electron chi connectivity index (χ4n) is 7.02. The van der Waals surface area contributed by atoms with Crippen LogP contribution in [0, 0.1) is 12.8 Å². The first kappa shape index (κ1) is 48.0. The van der Waals surface area contributed by atoms with Gasteiger partial charge in [-0.15, -0.1) is 0 Å². The highest BCUT2D eigenvalue weighted by molar-refractivity contribution is 6.00. The number of urea groups is 1. The number of carbonyl (C=O) groups is 8. The number of para-hydroxylation sites is 1. The van der Waals surface area contributed by atoms with Crippen LogP contribution in [-0.2, 0) is 46.5 Å². The number of unbranched alkanes of at least 4 members (excludes halogenated alkanes) is 1. The van der Waals surface area contributed by atoms with Crippen molar-refractivity contribution in [1.29, 1.82) is 0 Å². The number of aryl methyl sites for hydroxylation is 1. The molecule has 2 heterocycles. The SMILES string of the molecule is Cc1ccccc1NC(=O)Nc1ccc(CC(=O)N[C@@H](CCCCN(CC(=O)O)Cc2ccccn2)C(=O)N[C@@H](CC(=O)O)C(=O)N[C@H](C(=O)N2CCC[C@H]2C=O)C(C)C)cc1. The van der Waals surface area contributed by atoms with E-state index < -0.39 is 78.1 Å². The Balaban J connectivity index is 1.46. The van der Waals surface area contributed by atoms with E-state index in [4.69, 9.17) is 0 Å². The van der Waals surface area contributed by atoms with Crippen molar-refractivity contribution in [2.24, 2.45) is 5.92 Å². The molecule has 0 spiro atoms. The summed E-state index contributed by atoms with van der Waals surface area (Å²) in [7, 11) is 0. The molecule has 2 aromatic carbocycles. The Labute approximate surface area is 360 Å². The number of aldehydes is 1. The maximum Gasteiger partial charge on any atom is 0.323 e. The number of amides is 6. The minimum absolute atomic E-state index is 0.0392. The van der Waals surface area contributed by atoms with Crippen molar-refractivity contribution in [2.45, 2.75) is 96.4 Å². The summed E-state index contributed by atoms with van der Waals surface area (Å²) in [5, 5.41) is 32.5. The number of nitrogens with zero attached hydrogens (tertiary/aromatic N) is 3. The van der Waals surface area contributed by atoms with Crippen LogP contribution in [0.25, 0.3) is 0 Å². The Bertz CT molecular complexity index is 2030. The Kier molecular flexibility index (Phi) is 18.5. The van der Waals surface area contributed by atoms with Crippen molar-refractivity contribution in [3.8, 4) is 0 Å². The number of carboxylic acids is 2.